The van der Waals surface area contributed by atoms with Crippen molar-refractivity contribution in [1.82, 2.24) is 4.90 Å². The summed E-state index contributed by atoms with van der Waals surface area (Å²) in [7, 11) is 0. The van der Waals surface area contributed by atoms with Crippen LogP contribution in [0, 0.1) is 10.1 Å². The summed E-state index contributed by atoms with van der Waals surface area (Å²) in [6, 6.07) is 5.18. The third-order valence-corrected chi connectivity index (χ3v) is 3.79. The van der Waals surface area contributed by atoms with Crippen LogP contribution >= 0.6 is 0 Å². The van der Waals surface area contributed by atoms with E-state index in [1.54, 1.807) is 12.1 Å². The van der Waals surface area contributed by atoms with E-state index in [4.69, 9.17) is 0 Å². The number of piperidine rings is 1. The fourth-order valence-corrected chi connectivity index (χ4v) is 2.89. The molecular weight excluding hydrogens is 270 g/mol. The van der Waals surface area contributed by atoms with Gasteiger partial charge < -0.3 is 10.4 Å². The molecule has 2 rings (SSSR count). The van der Waals surface area contributed by atoms with E-state index < -0.39 is 5.60 Å². The fourth-order valence-electron chi connectivity index (χ4n) is 2.89. The second-order valence-corrected chi connectivity index (χ2v) is 5.95. The number of hydrogen-bond donors (Lipinski definition) is 2. The highest BCUT2D eigenvalue weighted by Gasteiger charge is 2.28. The highest BCUT2D eigenvalue weighted by atomic mass is 16.6. The zero-order valence-electron chi connectivity index (χ0n) is 12.6. The van der Waals surface area contributed by atoms with Crippen LogP contribution in [0.2, 0.25) is 0 Å². The molecule has 1 heterocycles. The van der Waals surface area contributed by atoms with E-state index in [9.17, 15) is 15.2 Å². The van der Waals surface area contributed by atoms with E-state index in [2.05, 4.69) is 10.2 Å². The number of nitro groups is 1. The Morgan fingerprint density at radius 3 is 2.90 bits per heavy atom. The molecule has 2 N–H and O–H groups in total. The molecule has 0 aromatic heterocycles. The third kappa shape index (κ3) is 4.15. The largest absolute Gasteiger partial charge is 0.389 e. The first kappa shape index (κ1) is 15.7. The summed E-state index contributed by atoms with van der Waals surface area (Å²) in [5.41, 5.74) is 1.05. The van der Waals surface area contributed by atoms with E-state index in [0.29, 0.717) is 25.3 Å². The van der Waals surface area contributed by atoms with Gasteiger partial charge in [-0.1, -0.05) is 6.07 Å². The van der Waals surface area contributed by atoms with Gasteiger partial charge in [0.05, 0.1) is 10.5 Å². The number of anilines is 1. The van der Waals surface area contributed by atoms with E-state index in [-0.39, 0.29) is 10.6 Å². The second kappa shape index (κ2) is 6.41. The summed E-state index contributed by atoms with van der Waals surface area (Å²) in [5.74, 6) is 0. The molecule has 1 aromatic carbocycles. The summed E-state index contributed by atoms with van der Waals surface area (Å²) in [6.45, 7) is 6.71. The highest BCUT2D eigenvalue weighted by molar-refractivity contribution is 5.62. The lowest BCUT2D eigenvalue weighted by Crippen LogP contribution is -2.45. The maximum Gasteiger partial charge on any atom is 0.292 e. The number of nitro benzene ring substituents is 1. The van der Waals surface area contributed by atoms with Crippen molar-refractivity contribution in [3.05, 3.63) is 33.9 Å². The van der Waals surface area contributed by atoms with Gasteiger partial charge in [0.1, 0.15) is 5.69 Å². The molecule has 0 radical (unpaired) electrons. The van der Waals surface area contributed by atoms with Crippen molar-refractivity contribution in [2.45, 2.75) is 38.8 Å². The van der Waals surface area contributed by atoms with Crippen LogP contribution in [0.1, 0.15) is 32.3 Å². The highest BCUT2D eigenvalue weighted by Crippen LogP contribution is 2.27. The summed E-state index contributed by atoms with van der Waals surface area (Å²) in [4.78, 5) is 12.8. The number of nitrogens with one attached hydrogen (secondary N) is 1. The Kier molecular flexibility index (Phi) is 4.80. The molecule has 21 heavy (non-hydrogen) atoms. The standard InChI is InChI=1S/C15H23N3O3/c1-3-16-13-9-12(5-6-14(13)18(20)21)10-17-8-4-7-15(2,19)11-17/h5-6,9,16,19H,3-4,7-8,10-11H2,1-2H3. The predicted molar refractivity (Wildman–Crippen MR) is 82.4 cm³/mol. The summed E-state index contributed by atoms with van der Waals surface area (Å²) >= 11 is 0. The molecule has 6 heteroatoms. The van der Waals surface area contributed by atoms with Crippen molar-refractivity contribution in [2.75, 3.05) is 25.0 Å². The minimum Gasteiger partial charge on any atom is -0.389 e. The molecule has 116 valence electrons. The minimum absolute atomic E-state index is 0.103. The zero-order chi connectivity index (χ0) is 15.5. The van der Waals surface area contributed by atoms with Gasteiger partial charge in [-0.25, -0.2) is 0 Å². The van der Waals surface area contributed by atoms with Crippen LogP contribution in [0.25, 0.3) is 0 Å². The Morgan fingerprint density at radius 2 is 2.29 bits per heavy atom. The van der Waals surface area contributed by atoms with Crippen molar-refractivity contribution >= 4 is 11.4 Å². The van der Waals surface area contributed by atoms with Crippen LogP contribution in [0.4, 0.5) is 11.4 Å². The molecule has 1 aromatic rings. The molecule has 1 fully saturated rings. The topological polar surface area (TPSA) is 78.6 Å². The van der Waals surface area contributed by atoms with Crippen molar-refractivity contribution in [2.24, 2.45) is 0 Å². The molecule has 1 atom stereocenters. The molecule has 0 amide bonds. The Labute approximate surface area is 124 Å². The average molecular weight is 293 g/mol. The molecule has 1 aliphatic heterocycles. The number of rotatable bonds is 5. The van der Waals surface area contributed by atoms with Gasteiger partial charge in [-0.05, 0) is 44.9 Å². The number of likely N-dealkylation sites (tertiary alicyclic amines) is 1. The number of β-amino-alcohol motifs (C(OH)–C–C–N with tert-alkyl or cyclic N) is 1. The molecule has 0 bridgehead atoms. The Morgan fingerprint density at radius 1 is 1.52 bits per heavy atom. The van der Waals surface area contributed by atoms with Gasteiger partial charge in [0.15, 0.2) is 0 Å². The SMILES string of the molecule is CCNc1cc(CN2CCCC(C)(O)C2)ccc1[N+](=O)[O-]. The van der Waals surface area contributed by atoms with Crippen molar-refractivity contribution < 1.29 is 10.0 Å². The van der Waals surface area contributed by atoms with Gasteiger partial charge in [-0.15, -0.1) is 0 Å². The van der Waals surface area contributed by atoms with Gasteiger partial charge >= 0.3 is 0 Å². The minimum atomic E-state index is -0.635. The first-order valence-electron chi connectivity index (χ1n) is 7.37. The van der Waals surface area contributed by atoms with E-state index in [1.807, 2.05) is 19.9 Å². The Hall–Kier alpha value is -1.66. The number of nitrogens with zero attached hydrogens (tertiary/aromatic N) is 2. The maximum atomic E-state index is 11.0. The predicted octanol–water partition coefficient (Wildman–Crippen LogP) is 2.37. The summed E-state index contributed by atoms with van der Waals surface area (Å²) in [6.07, 6.45) is 1.80. The molecule has 1 saturated heterocycles. The van der Waals surface area contributed by atoms with E-state index in [1.165, 1.54) is 0 Å². The second-order valence-electron chi connectivity index (χ2n) is 5.95. The van der Waals surface area contributed by atoms with Gasteiger partial charge in [-0.3, -0.25) is 15.0 Å². The lowest BCUT2D eigenvalue weighted by Gasteiger charge is -2.36. The molecule has 0 aliphatic carbocycles. The molecule has 0 saturated carbocycles. The Bertz CT molecular complexity index is 517. The van der Waals surface area contributed by atoms with Crippen molar-refractivity contribution in [3.8, 4) is 0 Å². The third-order valence-electron chi connectivity index (χ3n) is 3.79. The van der Waals surface area contributed by atoms with Crippen LogP contribution in [0.15, 0.2) is 18.2 Å². The first-order valence-corrected chi connectivity index (χ1v) is 7.37. The fraction of sp³-hybridized carbons (Fsp3) is 0.600. The monoisotopic (exact) mass is 293 g/mol. The van der Waals surface area contributed by atoms with Crippen LogP contribution in [0.5, 0.6) is 0 Å². The van der Waals surface area contributed by atoms with Gasteiger partial charge in [0, 0.05) is 25.7 Å². The quantitative estimate of drug-likeness (QED) is 0.643. The molecular formula is C15H23N3O3. The normalized spacial score (nSPS) is 23.0. The maximum absolute atomic E-state index is 11.0. The average Bonchev–Trinajstić information content (AvgIpc) is 2.37. The number of hydrogen-bond acceptors (Lipinski definition) is 5. The van der Waals surface area contributed by atoms with Gasteiger partial charge in [0.25, 0.3) is 5.69 Å². The lowest BCUT2D eigenvalue weighted by molar-refractivity contribution is -0.384. The van der Waals surface area contributed by atoms with Crippen LogP contribution in [-0.2, 0) is 6.54 Å². The molecule has 1 unspecified atom stereocenters. The van der Waals surface area contributed by atoms with Gasteiger partial charge in [0.2, 0.25) is 0 Å². The van der Waals surface area contributed by atoms with Crippen LogP contribution in [-0.4, -0.2) is 40.2 Å². The lowest BCUT2D eigenvalue weighted by atomic mass is 9.95. The van der Waals surface area contributed by atoms with Crippen molar-refractivity contribution in [1.29, 1.82) is 0 Å². The van der Waals surface area contributed by atoms with Gasteiger partial charge in [-0.2, -0.15) is 0 Å². The molecule has 6 nitrogen and oxygen atoms in total. The molecule has 0 spiro atoms. The first-order chi connectivity index (χ1) is 9.91. The smallest absolute Gasteiger partial charge is 0.292 e. The summed E-state index contributed by atoms with van der Waals surface area (Å²) in [5, 5.41) is 24.2. The van der Waals surface area contributed by atoms with E-state index in [0.717, 1.165) is 24.9 Å². The van der Waals surface area contributed by atoms with Crippen LogP contribution in [0.3, 0.4) is 0 Å². The summed E-state index contributed by atoms with van der Waals surface area (Å²) < 4.78 is 0. The number of aliphatic hydroxyl groups is 1. The molecule has 1 aliphatic rings. The van der Waals surface area contributed by atoms with E-state index >= 15 is 0 Å². The Balaban J connectivity index is 2.13. The van der Waals surface area contributed by atoms with Crippen LogP contribution < -0.4 is 5.32 Å². The number of benzene rings is 1. The zero-order valence-corrected chi connectivity index (χ0v) is 12.6. The van der Waals surface area contributed by atoms with Crippen molar-refractivity contribution in [3.63, 3.8) is 0 Å².